The molecule has 2 N–H and O–H groups in total. The summed E-state index contributed by atoms with van der Waals surface area (Å²) >= 11 is 0. The average molecular weight is 179 g/mol. The van der Waals surface area contributed by atoms with Gasteiger partial charge in [-0.2, -0.15) is 0 Å². The fraction of sp³-hybridized carbons (Fsp3) is 0.700. The van der Waals surface area contributed by atoms with Crippen molar-refractivity contribution in [2.24, 2.45) is 0 Å². The Kier molecular flexibility index (Phi) is 2.64. The second-order valence-electron chi connectivity index (χ2n) is 3.70. The van der Waals surface area contributed by atoms with Gasteiger partial charge in [0, 0.05) is 24.4 Å². The van der Waals surface area contributed by atoms with E-state index in [-0.39, 0.29) is 0 Å². The standard InChI is InChI=1S/C10H17N3/c1-2-11-6-9-7-12-10(13-9)8-4-3-5-8/h7-8,11H,2-6H2,1H3,(H,12,13). The summed E-state index contributed by atoms with van der Waals surface area (Å²) in [5.74, 6) is 1.91. The Morgan fingerprint density at radius 2 is 2.46 bits per heavy atom. The van der Waals surface area contributed by atoms with E-state index in [0.717, 1.165) is 19.0 Å². The van der Waals surface area contributed by atoms with E-state index in [1.54, 1.807) is 0 Å². The lowest BCUT2D eigenvalue weighted by Crippen LogP contribution is -2.13. The van der Waals surface area contributed by atoms with Crippen molar-refractivity contribution in [2.45, 2.75) is 38.6 Å². The molecule has 3 nitrogen and oxygen atoms in total. The molecule has 1 aliphatic carbocycles. The van der Waals surface area contributed by atoms with E-state index in [1.807, 2.05) is 6.20 Å². The molecule has 0 radical (unpaired) electrons. The SMILES string of the molecule is CCNCc1cnc(C2CCC2)[nH]1. The molecular weight excluding hydrogens is 162 g/mol. The monoisotopic (exact) mass is 179 g/mol. The maximum atomic E-state index is 4.40. The van der Waals surface area contributed by atoms with E-state index in [4.69, 9.17) is 0 Å². The van der Waals surface area contributed by atoms with Crippen LogP contribution in [0, 0.1) is 0 Å². The summed E-state index contributed by atoms with van der Waals surface area (Å²) in [5.41, 5.74) is 1.21. The number of hydrogen-bond acceptors (Lipinski definition) is 2. The second kappa shape index (κ2) is 3.92. The van der Waals surface area contributed by atoms with Gasteiger partial charge < -0.3 is 10.3 Å². The first-order chi connectivity index (χ1) is 6.40. The summed E-state index contributed by atoms with van der Waals surface area (Å²) in [6.45, 7) is 4.04. The average Bonchev–Trinajstić information content (AvgIpc) is 2.46. The lowest BCUT2D eigenvalue weighted by atomic mass is 9.85. The summed E-state index contributed by atoms with van der Waals surface area (Å²) in [7, 11) is 0. The minimum Gasteiger partial charge on any atom is -0.345 e. The van der Waals surface area contributed by atoms with Gasteiger partial charge in [0.2, 0.25) is 0 Å². The van der Waals surface area contributed by atoms with Gasteiger partial charge in [0.05, 0.1) is 0 Å². The van der Waals surface area contributed by atoms with Gasteiger partial charge in [-0.3, -0.25) is 0 Å². The predicted octanol–water partition coefficient (Wildman–Crippen LogP) is 1.79. The zero-order valence-electron chi connectivity index (χ0n) is 8.14. The second-order valence-corrected chi connectivity index (χ2v) is 3.70. The number of nitrogens with one attached hydrogen (secondary N) is 2. The zero-order valence-corrected chi connectivity index (χ0v) is 8.14. The Labute approximate surface area is 79.0 Å². The third kappa shape index (κ3) is 1.91. The van der Waals surface area contributed by atoms with Gasteiger partial charge >= 0.3 is 0 Å². The van der Waals surface area contributed by atoms with Crippen LogP contribution in [0.4, 0.5) is 0 Å². The number of nitrogens with zero attached hydrogens (tertiary/aromatic N) is 1. The molecule has 0 aliphatic heterocycles. The van der Waals surface area contributed by atoms with Gasteiger partial charge in [0.1, 0.15) is 5.82 Å². The van der Waals surface area contributed by atoms with Crippen LogP contribution < -0.4 is 5.32 Å². The minimum absolute atomic E-state index is 0.718. The molecule has 0 unspecified atom stereocenters. The van der Waals surface area contributed by atoms with Crippen molar-refractivity contribution in [1.29, 1.82) is 0 Å². The highest BCUT2D eigenvalue weighted by atomic mass is 15.0. The van der Waals surface area contributed by atoms with Crippen molar-refractivity contribution >= 4 is 0 Å². The number of imidazole rings is 1. The normalized spacial score (nSPS) is 17.3. The fourth-order valence-corrected chi connectivity index (χ4v) is 1.62. The van der Waals surface area contributed by atoms with Gasteiger partial charge in [-0.05, 0) is 19.4 Å². The molecule has 1 aliphatic rings. The van der Waals surface area contributed by atoms with Crippen LogP contribution in [-0.2, 0) is 6.54 Å². The van der Waals surface area contributed by atoms with Gasteiger partial charge in [0.25, 0.3) is 0 Å². The number of aromatic nitrogens is 2. The van der Waals surface area contributed by atoms with Crippen LogP contribution in [0.5, 0.6) is 0 Å². The molecular formula is C10H17N3. The van der Waals surface area contributed by atoms with E-state index >= 15 is 0 Å². The summed E-state index contributed by atoms with van der Waals surface area (Å²) < 4.78 is 0. The van der Waals surface area contributed by atoms with Crippen LogP contribution in [0.2, 0.25) is 0 Å². The highest BCUT2D eigenvalue weighted by molar-refractivity contribution is 5.07. The van der Waals surface area contributed by atoms with Crippen molar-refractivity contribution in [3.05, 3.63) is 17.7 Å². The molecule has 0 saturated heterocycles. The lowest BCUT2D eigenvalue weighted by molar-refractivity contribution is 0.403. The highest BCUT2D eigenvalue weighted by Crippen LogP contribution is 2.34. The van der Waals surface area contributed by atoms with Crippen molar-refractivity contribution in [3.63, 3.8) is 0 Å². The van der Waals surface area contributed by atoms with Crippen molar-refractivity contribution in [3.8, 4) is 0 Å². The molecule has 1 aromatic heterocycles. The predicted molar refractivity (Wildman–Crippen MR) is 52.6 cm³/mol. The first kappa shape index (κ1) is 8.75. The lowest BCUT2D eigenvalue weighted by Gasteiger charge is -2.22. The highest BCUT2D eigenvalue weighted by Gasteiger charge is 2.21. The molecule has 13 heavy (non-hydrogen) atoms. The van der Waals surface area contributed by atoms with Crippen LogP contribution >= 0.6 is 0 Å². The Hall–Kier alpha value is -0.830. The molecule has 1 aromatic rings. The van der Waals surface area contributed by atoms with E-state index in [0.29, 0.717) is 0 Å². The molecule has 0 bridgehead atoms. The first-order valence-corrected chi connectivity index (χ1v) is 5.14. The third-order valence-electron chi connectivity index (χ3n) is 2.71. The van der Waals surface area contributed by atoms with Gasteiger partial charge in [-0.1, -0.05) is 13.3 Å². The van der Waals surface area contributed by atoms with Crippen LogP contribution in [-0.4, -0.2) is 16.5 Å². The van der Waals surface area contributed by atoms with Crippen LogP contribution in [0.3, 0.4) is 0 Å². The number of aromatic amines is 1. The smallest absolute Gasteiger partial charge is 0.109 e. The minimum atomic E-state index is 0.718. The number of hydrogen-bond donors (Lipinski definition) is 2. The van der Waals surface area contributed by atoms with E-state index in [1.165, 1.54) is 30.8 Å². The zero-order chi connectivity index (χ0) is 9.10. The Balaban J connectivity index is 1.92. The fourth-order valence-electron chi connectivity index (χ4n) is 1.62. The number of rotatable bonds is 4. The molecule has 0 spiro atoms. The largest absolute Gasteiger partial charge is 0.345 e. The Bertz CT molecular complexity index is 263. The Morgan fingerprint density at radius 3 is 3.08 bits per heavy atom. The van der Waals surface area contributed by atoms with Gasteiger partial charge in [-0.25, -0.2) is 4.98 Å². The van der Waals surface area contributed by atoms with Gasteiger partial charge in [-0.15, -0.1) is 0 Å². The van der Waals surface area contributed by atoms with E-state index in [2.05, 4.69) is 22.2 Å². The molecule has 0 atom stereocenters. The molecule has 1 fully saturated rings. The summed E-state index contributed by atoms with van der Waals surface area (Å²) in [6, 6.07) is 0. The summed E-state index contributed by atoms with van der Waals surface area (Å²) in [5, 5.41) is 3.28. The maximum Gasteiger partial charge on any atom is 0.109 e. The van der Waals surface area contributed by atoms with Crippen LogP contribution in [0.15, 0.2) is 6.20 Å². The Morgan fingerprint density at radius 1 is 1.62 bits per heavy atom. The van der Waals surface area contributed by atoms with E-state index in [9.17, 15) is 0 Å². The van der Waals surface area contributed by atoms with Crippen molar-refractivity contribution in [2.75, 3.05) is 6.54 Å². The maximum absolute atomic E-state index is 4.40. The molecule has 3 heteroatoms. The van der Waals surface area contributed by atoms with E-state index < -0.39 is 0 Å². The molecule has 2 rings (SSSR count). The summed E-state index contributed by atoms with van der Waals surface area (Å²) in [6.07, 6.45) is 5.95. The molecule has 1 heterocycles. The molecule has 72 valence electrons. The molecule has 1 saturated carbocycles. The molecule has 0 amide bonds. The molecule has 0 aromatic carbocycles. The quantitative estimate of drug-likeness (QED) is 0.739. The van der Waals surface area contributed by atoms with Crippen molar-refractivity contribution in [1.82, 2.24) is 15.3 Å². The third-order valence-corrected chi connectivity index (χ3v) is 2.71. The van der Waals surface area contributed by atoms with Crippen LogP contribution in [0.1, 0.15) is 43.6 Å². The summed E-state index contributed by atoms with van der Waals surface area (Å²) in [4.78, 5) is 7.77. The van der Waals surface area contributed by atoms with Crippen molar-refractivity contribution < 1.29 is 0 Å². The first-order valence-electron chi connectivity index (χ1n) is 5.14. The number of H-pyrrole nitrogens is 1. The van der Waals surface area contributed by atoms with Crippen LogP contribution in [0.25, 0.3) is 0 Å². The topological polar surface area (TPSA) is 40.7 Å². The van der Waals surface area contributed by atoms with Gasteiger partial charge in [0.15, 0.2) is 0 Å².